The maximum absolute atomic E-state index is 11.7. The van der Waals surface area contributed by atoms with E-state index in [2.05, 4.69) is 0 Å². The third kappa shape index (κ3) is 4.55. The zero-order valence-electron chi connectivity index (χ0n) is 14.6. The smallest absolute Gasteiger partial charge is 0.0517 e. The van der Waals surface area contributed by atoms with Crippen molar-refractivity contribution in [1.29, 1.82) is 0 Å². The fourth-order valence-electron chi connectivity index (χ4n) is 3.30. The molecule has 0 spiro atoms. The molecule has 1 rings (SSSR count). The van der Waals surface area contributed by atoms with Crippen molar-refractivity contribution >= 4 is 5.97 Å². The zero-order chi connectivity index (χ0) is 16.1. The average molecular weight is 309 g/mol. The summed E-state index contributed by atoms with van der Waals surface area (Å²) < 4.78 is 0. The molecule has 1 aromatic carbocycles. The van der Waals surface area contributed by atoms with E-state index >= 15 is 0 Å². The van der Waals surface area contributed by atoms with Crippen LogP contribution in [0.25, 0.3) is 0 Å². The topological polar surface area (TPSA) is 96.9 Å². The Balaban J connectivity index is 0.00000441. The van der Waals surface area contributed by atoms with E-state index in [1.807, 2.05) is 37.3 Å². The van der Waals surface area contributed by atoms with Gasteiger partial charge in [0, 0.05) is 11.4 Å². The highest BCUT2D eigenvalue weighted by molar-refractivity contribution is 5.72. The monoisotopic (exact) mass is 309 g/mol. The Hall–Kier alpha value is -1.39. The second-order valence-electron chi connectivity index (χ2n) is 6.66. The van der Waals surface area contributed by atoms with Crippen molar-refractivity contribution in [3.8, 4) is 0 Å². The number of carbonyl (C=O) groups excluding carboxylic acids is 1. The first-order valence-electron chi connectivity index (χ1n) is 7.68. The number of quaternary nitrogens is 1. The van der Waals surface area contributed by atoms with Crippen LogP contribution in [0.1, 0.15) is 52.5 Å². The van der Waals surface area contributed by atoms with Crippen molar-refractivity contribution in [2.45, 2.75) is 59.5 Å². The van der Waals surface area contributed by atoms with E-state index in [9.17, 15) is 15.0 Å². The lowest BCUT2D eigenvalue weighted by Gasteiger charge is -2.49. The van der Waals surface area contributed by atoms with Crippen LogP contribution in [0.4, 0.5) is 0 Å². The van der Waals surface area contributed by atoms with Gasteiger partial charge in [0.2, 0.25) is 0 Å². The second-order valence-corrected chi connectivity index (χ2v) is 6.66. The van der Waals surface area contributed by atoms with Gasteiger partial charge in [0.05, 0.1) is 6.10 Å². The highest BCUT2D eigenvalue weighted by Gasteiger charge is 2.45. The quantitative estimate of drug-likeness (QED) is 0.772. The van der Waals surface area contributed by atoms with E-state index in [1.54, 1.807) is 20.8 Å². The van der Waals surface area contributed by atoms with Gasteiger partial charge in [0.15, 0.2) is 0 Å². The van der Waals surface area contributed by atoms with Crippen molar-refractivity contribution in [3.63, 3.8) is 0 Å². The number of hydrogen-bond acceptors (Lipinski definition) is 3. The van der Waals surface area contributed by atoms with Crippen LogP contribution in [0, 0.1) is 10.8 Å². The van der Waals surface area contributed by atoms with Gasteiger partial charge < -0.3 is 21.2 Å². The van der Waals surface area contributed by atoms with Gasteiger partial charge in [0.25, 0.3) is 0 Å². The van der Waals surface area contributed by atoms with Crippen LogP contribution in [0.5, 0.6) is 0 Å². The van der Waals surface area contributed by atoms with Crippen molar-refractivity contribution in [2.24, 2.45) is 10.8 Å². The Kier molecular flexibility index (Phi) is 7.77. The minimum Gasteiger partial charge on any atom is -0.550 e. The van der Waals surface area contributed by atoms with Gasteiger partial charge in [0.1, 0.15) is 0 Å². The molecular formula is C18H31NO3. The number of hydrogen-bond donors (Lipinski definition) is 2. The number of aliphatic carboxylic acids is 1. The molecule has 22 heavy (non-hydrogen) atoms. The summed E-state index contributed by atoms with van der Waals surface area (Å²) in [5.41, 5.74) is -0.424. The summed E-state index contributed by atoms with van der Waals surface area (Å²) in [5.74, 6) is -1.05. The summed E-state index contributed by atoms with van der Waals surface area (Å²) in [6.45, 7) is 7.22. The molecule has 0 fully saturated rings. The second kappa shape index (κ2) is 8.30. The largest absolute Gasteiger partial charge is 0.550 e. The number of rotatable bonds is 8. The van der Waals surface area contributed by atoms with Gasteiger partial charge in [-0.05, 0) is 37.2 Å². The third-order valence-corrected chi connectivity index (χ3v) is 4.64. The molecule has 0 bridgehead atoms. The molecule has 4 heteroatoms. The average Bonchev–Trinajstić information content (AvgIpc) is 2.38. The van der Waals surface area contributed by atoms with Crippen LogP contribution in [0.2, 0.25) is 0 Å². The molecule has 5 N–H and O–H groups in total. The Labute approximate surface area is 134 Å². The molecule has 126 valence electrons. The molecule has 2 unspecified atom stereocenters. The number of aliphatic hydroxyl groups excluding tert-OH is 1. The van der Waals surface area contributed by atoms with Crippen LogP contribution in [0.3, 0.4) is 0 Å². The van der Waals surface area contributed by atoms with Crippen LogP contribution in [0.15, 0.2) is 30.3 Å². The SMILES string of the molecule is CCCC(Cc1ccccc1)(CC(C)O)C(C)(C)C(=O)[O-].[NH4+]. The first kappa shape index (κ1) is 20.6. The number of carboxylic acid groups (broad SMARTS) is 1. The molecule has 0 saturated heterocycles. The van der Waals surface area contributed by atoms with Crippen LogP contribution in [-0.4, -0.2) is 17.2 Å². The summed E-state index contributed by atoms with van der Waals surface area (Å²) in [4.78, 5) is 11.7. The van der Waals surface area contributed by atoms with E-state index in [0.29, 0.717) is 12.8 Å². The molecule has 0 aromatic heterocycles. The number of carboxylic acids is 1. The summed E-state index contributed by atoms with van der Waals surface area (Å²) >= 11 is 0. The molecule has 1 aromatic rings. The first-order valence-corrected chi connectivity index (χ1v) is 7.68. The summed E-state index contributed by atoms with van der Waals surface area (Å²) in [7, 11) is 0. The van der Waals surface area contributed by atoms with E-state index in [4.69, 9.17) is 0 Å². The lowest BCUT2D eigenvalue weighted by atomic mass is 9.58. The lowest BCUT2D eigenvalue weighted by Crippen LogP contribution is -2.52. The van der Waals surface area contributed by atoms with E-state index < -0.39 is 22.9 Å². The molecule has 4 nitrogen and oxygen atoms in total. The van der Waals surface area contributed by atoms with E-state index in [0.717, 1.165) is 18.4 Å². The third-order valence-electron chi connectivity index (χ3n) is 4.64. The number of carbonyl (C=O) groups is 1. The minimum absolute atomic E-state index is 0. The van der Waals surface area contributed by atoms with Crippen molar-refractivity contribution in [1.82, 2.24) is 6.15 Å². The predicted molar refractivity (Wildman–Crippen MR) is 88.6 cm³/mol. The fraction of sp³-hybridized carbons (Fsp3) is 0.611. The molecule has 2 atom stereocenters. The van der Waals surface area contributed by atoms with E-state index in [-0.39, 0.29) is 6.15 Å². The standard InChI is InChI=1S/C18H28O3.H3N/c1-5-11-18(12-14(2)19,17(3,4)16(20)21)13-15-9-7-6-8-10-15;/h6-10,14,19H,5,11-13H2,1-4H3,(H,20,21);1H3. The van der Waals surface area contributed by atoms with Gasteiger partial charge in [-0.1, -0.05) is 57.5 Å². The molecule has 0 saturated carbocycles. The van der Waals surface area contributed by atoms with Crippen LogP contribution in [-0.2, 0) is 11.2 Å². The Morgan fingerprint density at radius 3 is 2.23 bits per heavy atom. The summed E-state index contributed by atoms with van der Waals surface area (Å²) in [6.07, 6.45) is 2.16. The number of benzene rings is 1. The Morgan fingerprint density at radius 2 is 1.82 bits per heavy atom. The predicted octanol–water partition coefficient (Wildman–Crippen LogP) is 2.94. The maximum Gasteiger partial charge on any atom is 0.0517 e. The summed E-state index contributed by atoms with van der Waals surface area (Å²) in [6, 6.07) is 9.89. The number of aliphatic hydroxyl groups is 1. The zero-order valence-corrected chi connectivity index (χ0v) is 14.6. The van der Waals surface area contributed by atoms with E-state index in [1.165, 1.54) is 0 Å². The van der Waals surface area contributed by atoms with Crippen molar-refractivity contribution in [2.75, 3.05) is 0 Å². The van der Waals surface area contributed by atoms with Crippen molar-refractivity contribution in [3.05, 3.63) is 35.9 Å². The first-order chi connectivity index (χ1) is 9.75. The molecular weight excluding hydrogens is 278 g/mol. The fourth-order valence-corrected chi connectivity index (χ4v) is 3.30. The maximum atomic E-state index is 11.7. The van der Waals surface area contributed by atoms with Gasteiger partial charge in [-0.3, -0.25) is 0 Å². The molecule has 0 aliphatic heterocycles. The summed E-state index contributed by atoms with van der Waals surface area (Å²) in [5, 5.41) is 21.6. The molecule has 0 radical (unpaired) electrons. The highest BCUT2D eigenvalue weighted by atomic mass is 16.4. The van der Waals surface area contributed by atoms with Crippen molar-refractivity contribution < 1.29 is 15.0 Å². The van der Waals surface area contributed by atoms with Crippen LogP contribution >= 0.6 is 0 Å². The molecule has 0 amide bonds. The highest BCUT2D eigenvalue weighted by Crippen LogP contribution is 2.48. The molecule has 0 aliphatic rings. The van der Waals surface area contributed by atoms with Crippen LogP contribution < -0.4 is 11.3 Å². The lowest BCUT2D eigenvalue weighted by molar-refractivity contribution is -0.324. The Morgan fingerprint density at radius 1 is 1.27 bits per heavy atom. The Bertz CT molecular complexity index is 457. The van der Waals surface area contributed by atoms with Gasteiger partial charge >= 0.3 is 0 Å². The van der Waals surface area contributed by atoms with Gasteiger partial charge in [-0.25, -0.2) is 0 Å². The minimum atomic E-state index is -1.05. The van der Waals surface area contributed by atoms with Gasteiger partial charge in [-0.15, -0.1) is 0 Å². The van der Waals surface area contributed by atoms with Gasteiger partial charge in [-0.2, -0.15) is 0 Å². The molecule has 0 heterocycles. The molecule has 0 aliphatic carbocycles. The normalized spacial score (nSPS) is 15.5.